The first-order valence-electron chi connectivity index (χ1n) is 9.16. The molecule has 6 rings (SSSR count). The topological polar surface area (TPSA) is 24.4 Å². The van der Waals surface area contributed by atoms with Crippen molar-refractivity contribution in [3.05, 3.63) is 84.4 Å². The summed E-state index contributed by atoms with van der Waals surface area (Å²) in [4.78, 5) is 0. The fourth-order valence-electron chi connectivity index (χ4n) is 4.30. The molecule has 0 atom stereocenters. The smallest absolute Gasteiger partial charge is 0.0718 e. The molecule has 5 aromatic carbocycles. The third-order valence-corrected chi connectivity index (χ3v) is 5.52. The highest BCUT2D eigenvalue weighted by atomic mass is 15.3. The molecular formula is C25H16N2. The van der Waals surface area contributed by atoms with Crippen LogP contribution in [-0.4, -0.2) is 6.21 Å². The molecule has 1 N–H and O–H groups in total. The minimum Gasteiger partial charge on any atom is -0.277 e. The Kier molecular flexibility index (Phi) is 2.91. The second-order valence-corrected chi connectivity index (χ2v) is 6.99. The fraction of sp³-hybridized carbons (Fsp3) is 0. The molecule has 0 aromatic heterocycles. The molecule has 1 heterocycles. The molecule has 0 fully saturated rings. The van der Waals surface area contributed by atoms with E-state index in [1.54, 1.807) is 6.21 Å². The Labute approximate surface area is 156 Å². The first-order chi connectivity index (χ1) is 13.4. The van der Waals surface area contributed by atoms with Gasteiger partial charge in [-0.3, -0.25) is 5.43 Å². The first-order valence-corrected chi connectivity index (χ1v) is 9.16. The number of hydrazone groups is 1. The maximum atomic E-state index is 4.35. The van der Waals surface area contributed by atoms with Crippen molar-refractivity contribution in [2.75, 3.05) is 5.43 Å². The lowest BCUT2D eigenvalue weighted by Crippen LogP contribution is -1.93. The van der Waals surface area contributed by atoms with Crippen LogP contribution in [0.1, 0.15) is 5.56 Å². The van der Waals surface area contributed by atoms with Crippen molar-refractivity contribution in [3.8, 4) is 0 Å². The van der Waals surface area contributed by atoms with Gasteiger partial charge in [0.15, 0.2) is 0 Å². The zero-order valence-corrected chi connectivity index (χ0v) is 14.6. The van der Waals surface area contributed by atoms with Crippen LogP contribution in [0.4, 0.5) is 5.69 Å². The summed E-state index contributed by atoms with van der Waals surface area (Å²) in [6, 6.07) is 26.3. The van der Waals surface area contributed by atoms with Crippen molar-refractivity contribution in [1.82, 2.24) is 0 Å². The van der Waals surface area contributed by atoms with Gasteiger partial charge >= 0.3 is 0 Å². The Bertz CT molecular complexity index is 1430. The molecule has 0 spiro atoms. The van der Waals surface area contributed by atoms with Gasteiger partial charge in [-0.1, -0.05) is 78.9 Å². The molecule has 2 heteroatoms. The van der Waals surface area contributed by atoms with E-state index in [1.807, 2.05) is 6.08 Å². The van der Waals surface area contributed by atoms with Gasteiger partial charge in [0.2, 0.25) is 0 Å². The minimum atomic E-state index is 1.07. The zero-order valence-electron chi connectivity index (χ0n) is 14.6. The number of benzene rings is 5. The highest BCUT2D eigenvalue weighted by Gasteiger charge is 2.14. The van der Waals surface area contributed by atoms with E-state index < -0.39 is 0 Å². The minimum absolute atomic E-state index is 1.07. The molecule has 1 aliphatic rings. The van der Waals surface area contributed by atoms with Gasteiger partial charge in [0.1, 0.15) is 0 Å². The normalized spacial score (nSPS) is 13.2. The molecule has 0 saturated heterocycles. The van der Waals surface area contributed by atoms with Crippen LogP contribution in [0.5, 0.6) is 0 Å². The van der Waals surface area contributed by atoms with Crippen LogP contribution in [0.2, 0.25) is 0 Å². The number of nitrogens with zero attached hydrogens (tertiary/aromatic N) is 1. The van der Waals surface area contributed by atoms with Gasteiger partial charge in [0.05, 0.1) is 5.69 Å². The summed E-state index contributed by atoms with van der Waals surface area (Å²) in [7, 11) is 0. The Balaban J connectivity index is 1.95. The number of hydrogen-bond acceptors (Lipinski definition) is 2. The molecule has 0 unspecified atom stereocenters. The van der Waals surface area contributed by atoms with Gasteiger partial charge < -0.3 is 0 Å². The average molecular weight is 344 g/mol. The molecular weight excluding hydrogens is 328 g/mol. The predicted molar refractivity (Wildman–Crippen MR) is 118 cm³/mol. The largest absolute Gasteiger partial charge is 0.277 e. The second kappa shape index (κ2) is 5.42. The van der Waals surface area contributed by atoms with Crippen molar-refractivity contribution in [2.24, 2.45) is 5.10 Å². The summed E-state index contributed by atoms with van der Waals surface area (Å²) in [6.07, 6.45) is 5.88. The van der Waals surface area contributed by atoms with Crippen LogP contribution in [0.15, 0.2) is 84.0 Å². The van der Waals surface area contributed by atoms with Crippen molar-refractivity contribution in [2.45, 2.75) is 0 Å². The molecule has 1 aliphatic heterocycles. The third kappa shape index (κ3) is 2.04. The molecule has 27 heavy (non-hydrogen) atoms. The van der Waals surface area contributed by atoms with Crippen LogP contribution in [0.3, 0.4) is 0 Å². The molecule has 0 bridgehead atoms. The van der Waals surface area contributed by atoms with Gasteiger partial charge in [-0.25, -0.2) is 0 Å². The molecule has 0 radical (unpaired) electrons. The van der Waals surface area contributed by atoms with E-state index in [0.29, 0.717) is 0 Å². The lowest BCUT2D eigenvalue weighted by Gasteiger charge is -2.15. The van der Waals surface area contributed by atoms with Crippen molar-refractivity contribution < 1.29 is 0 Å². The van der Waals surface area contributed by atoms with E-state index in [2.05, 4.69) is 89.4 Å². The van der Waals surface area contributed by atoms with E-state index >= 15 is 0 Å². The quantitative estimate of drug-likeness (QED) is 0.310. The molecule has 0 aliphatic carbocycles. The monoisotopic (exact) mass is 344 g/mol. The zero-order chi connectivity index (χ0) is 17.8. The molecule has 5 aromatic rings. The summed E-state index contributed by atoms with van der Waals surface area (Å²) < 4.78 is 0. The van der Waals surface area contributed by atoms with Crippen LogP contribution in [-0.2, 0) is 0 Å². The number of nitrogens with one attached hydrogen (secondary N) is 1. The number of fused-ring (bicyclic) bond motifs is 9. The maximum Gasteiger partial charge on any atom is 0.0718 e. The lowest BCUT2D eigenvalue weighted by atomic mass is 9.91. The van der Waals surface area contributed by atoms with Crippen molar-refractivity contribution in [1.29, 1.82) is 0 Å². The van der Waals surface area contributed by atoms with Crippen molar-refractivity contribution in [3.63, 3.8) is 0 Å². The summed E-state index contributed by atoms with van der Waals surface area (Å²) in [5.74, 6) is 0. The SMILES string of the molecule is C1=Cc2ccc3ccc4ccc5ccc6ccccc6c5c4c3c2NN=C1. The Hall–Kier alpha value is -3.65. The van der Waals surface area contributed by atoms with E-state index in [4.69, 9.17) is 0 Å². The van der Waals surface area contributed by atoms with Crippen LogP contribution in [0.25, 0.3) is 49.2 Å². The fourth-order valence-corrected chi connectivity index (χ4v) is 4.30. The van der Waals surface area contributed by atoms with E-state index in [0.717, 1.165) is 11.3 Å². The van der Waals surface area contributed by atoms with Crippen LogP contribution in [0, 0.1) is 0 Å². The van der Waals surface area contributed by atoms with Gasteiger partial charge in [0, 0.05) is 22.6 Å². The molecule has 0 amide bonds. The standard InChI is InChI=1S/C25H16N2/c1-2-6-21-16(4-1)7-8-17-9-10-18-11-12-19-13-14-20-5-3-15-26-27-25(20)24(19)23(18)22(17)21/h1-15,27H. The number of hydrogen-bond donors (Lipinski definition) is 1. The number of allylic oxidation sites excluding steroid dienone is 1. The summed E-state index contributed by atoms with van der Waals surface area (Å²) in [5.41, 5.74) is 5.51. The second-order valence-electron chi connectivity index (χ2n) is 6.99. The van der Waals surface area contributed by atoms with Crippen LogP contribution < -0.4 is 5.43 Å². The lowest BCUT2D eigenvalue weighted by molar-refractivity contribution is 1.37. The summed E-state index contributed by atoms with van der Waals surface area (Å²) in [6.45, 7) is 0. The van der Waals surface area contributed by atoms with E-state index in [-0.39, 0.29) is 0 Å². The Morgan fingerprint density at radius 3 is 2.11 bits per heavy atom. The Morgan fingerprint density at radius 1 is 0.593 bits per heavy atom. The highest BCUT2D eigenvalue weighted by molar-refractivity contribution is 6.30. The number of rotatable bonds is 0. The van der Waals surface area contributed by atoms with Crippen LogP contribution >= 0.6 is 0 Å². The van der Waals surface area contributed by atoms with Crippen molar-refractivity contribution >= 4 is 61.1 Å². The van der Waals surface area contributed by atoms with Gasteiger partial charge in [-0.05, 0) is 38.4 Å². The average Bonchev–Trinajstić information content (AvgIpc) is 2.98. The first kappa shape index (κ1) is 14.5. The highest BCUT2D eigenvalue weighted by Crippen LogP contribution is 2.41. The summed E-state index contributed by atoms with van der Waals surface area (Å²) in [5, 5.41) is 14.5. The maximum absolute atomic E-state index is 4.35. The molecule has 2 nitrogen and oxygen atoms in total. The van der Waals surface area contributed by atoms with E-state index in [1.165, 1.54) is 43.1 Å². The third-order valence-electron chi connectivity index (χ3n) is 5.52. The van der Waals surface area contributed by atoms with Gasteiger partial charge in [0.25, 0.3) is 0 Å². The molecule has 0 saturated carbocycles. The van der Waals surface area contributed by atoms with E-state index in [9.17, 15) is 0 Å². The van der Waals surface area contributed by atoms with Gasteiger partial charge in [-0.2, -0.15) is 5.10 Å². The summed E-state index contributed by atoms with van der Waals surface area (Å²) >= 11 is 0. The number of anilines is 1. The predicted octanol–water partition coefficient (Wildman–Crippen LogP) is 6.72. The molecule has 126 valence electrons. The van der Waals surface area contributed by atoms with Gasteiger partial charge in [-0.15, -0.1) is 0 Å². The Morgan fingerprint density at radius 2 is 1.26 bits per heavy atom.